The molecule has 0 bridgehead atoms. The van der Waals surface area contributed by atoms with Crippen molar-refractivity contribution in [3.63, 3.8) is 0 Å². The second-order valence-corrected chi connectivity index (χ2v) is 6.11. The van der Waals surface area contributed by atoms with Gasteiger partial charge in [0.15, 0.2) is 5.54 Å². The van der Waals surface area contributed by atoms with Gasteiger partial charge in [-0.3, -0.25) is 5.32 Å². The van der Waals surface area contributed by atoms with Gasteiger partial charge in [-0.2, -0.15) is 0 Å². The van der Waals surface area contributed by atoms with Gasteiger partial charge in [-0.25, -0.2) is 4.79 Å². The average Bonchev–Trinajstić information content (AvgIpc) is 2.37. The van der Waals surface area contributed by atoms with E-state index in [4.69, 9.17) is 4.74 Å². The Labute approximate surface area is 122 Å². The maximum Gasteiger partial charge on any atom is 0.332 e. The number of hydrogen-bond donors (Lipinski definition) is 1. The lowest BCUT2D eigenvalue weighted by molar-refractivity contribution is -0.157. The zero-order valence-corrected chi connectivity index (χ0v) is 12.6. The summed E-state index contributed by atoms with van der Waals surface area (Å²) in [6.45, 7) is 1.13. The summed E-state index contributed by atoms with van der Waals surface area (Å²) in [7, 11) is 0. The molecule has 1 fully saturated rings. The van der Waals surface area contributed by atoms with Crippen molar-refractivity contribution in [3.8, 4) is 0 Å². The van der Waals surface area contributed by atoms with Crippen LogP contribution in [0.4, 0.5) is 0 Å². The van der Waals surface area contributed by atoms with Crippen LogP contribution < -0.4 is 5.32 Å². The molecule has 3 nitrogen and oxygen atoms in total. The standard InChI is InChI=1S/C13H11Br2NO2/c14-10-9-6-16-13(9,11(10)15)12(17)18-7-8-4-2-1-3-5-8/h1-5,9,16H,6-7H2. The molecule has 0 saturated carbocycles. The Morgan fingerprint density at radius 3 is 2.67 bits per heavy atom. The summed E-state index contributed by atoms with van der Waals surface area (Å²) in [5, 5.41) is 3.17. The molecule has 2 aliphatic rings. The van der Waals surface area contributed by atoms with E-state index in [2.05, 4.69) is 37.2 Å². The fourth-order valence-electron chi connectivity index (χ4n) is 2.32. The Morgan fingerprint density at radius 1 is 1.39 bits per heavy atom. The van der Waals surface area contributed by atoms with Gasteiger partial charge in [0, 0.05) is 21.4 Å². The molecule has 1 aliphatic heterocycles. The number of fused-ring (bicyclic) bond motifs is 1. The Bertz CT molecular complexity index is 529. The van der Waals surface area contributed by atoms with Gasteiger partial charge in [0.2, 0.25) is 0 Å². The fraction of sp³-hybridized carbons (Fsp3) is 0.308. The Kier molecular flexibility index (Phi) is 3.08. The minimum atomic E-state index is -0.631. The first kappa shape index (κ1) is 12.4. The number of hydrogen-bond acceptors (Lipinski definition) is 3. The van der Waals surface area contributed by atoms with Crippen molar-refractivity contribution >= 4 is 37.8 Å². The summed E-state index contributed by atoms with van der Waals surface area (Å²) in [4.78, 5) is 12.2. The number of halogens is 2. The molecular weight excluding hydrogens is 362 g/mol. The van der Waals surface area contributed by atoms with Crippen LogP contribution in [0.3, 0.4) is 0 Å². The Balaban J connectivity index is 1.67. The van der Waals surface area contributed by atoms with Gasteiger partial charge in [0.1, 0.15) is 6.61 Å². The van der Waals surface area contributed by atoms with E-state index in [-0.39, 0.29) is 11.9 Å². The van der Waals surface area contributed by atoms with Crippen molar-refractivity contribution in [1.29, 1.82) is 0 Å². The molecule has 1 aromatic carbocycles. The number of rotatable bonds is 3. The van der Waals surface area contributed by atoms with E-state index in [1.54, 1.807) is 0 Å². The number of carbonyl (C=O) groups excluding carboxylic acids is 1. The lowest BCUT2D eigenvalue weighted by Crippen LogP contribution is -2.75. The molecule has 2 unspecified atom stereocenters. The van der Waals surface area contributed by atoms with Crippen LogP contribution in [0.15, 0.2) is 39.3 Å². The zero-order chi connectivity index (χ0) is 12.8. The van der Waals surface area contributed by atoms with Gasteiger partial charge < -0.3 is 4.74 Å². The Morgan fingerprint density at radius 2 is 2.11 bits per heavy atom. The Hall–Kier alpha value is -0.650. The number of nitrogens with one attached hydrogen (secondary N) is 1. The zero-order valence-electron chi connectivity index (χ0n) is 9.45. The molecule has 0 aromatic heterocycles. The van der Waals surface area contributed by atoms with E-state index < -0.39 is 5.54 Å². The maximum absolute atomic E-state index is 12.2. The third-order valence-corrected chi connectivity index (χ3v) is 6.04. The summed E-state index contributed by atoms with van der Waals surface area (Å²) in [6.07, 6.45) is 0. The van der Waals surface area contributed by atoms with Gasteiger partial charge in [-0.05, 0) is 5.56 Å². The second-order valence-electron chi connectivity index (χ2n) is 4.47. The van der Waals surface area contributed by atoms with Crippen molar-refractivity contribution in [1.82, 2.24) is 5.32 Å². The molecule has 0 radical (unpaired) electrons. The fourth-order valence-corrected chi connectivity index (χ4v) is 4.00. The van der Waals surface area contributed by atoms with Gasteiger partial charge in [-0.15, -0.1) is 0 Å². The molecule has 18 heavy (non-hydrogen) atoms. The highest BCUT2D eigenvalue weighted by atomic mass is 79.9. The third-order valence-electron chi connectivity index (χ3n) is 3.50. The summed E-state index contributed by atoms with van der Waals surface area (Å²) >= 11 is 6.90. The second kappa shape index (κ2) is 4.47. The quantitative estimate of drug-likeness (QED) is 0.829. The first-order valence-electron chi connectivity index (χ1n) is 5.68. The molecule has 1 heterocycles. The molecule has 1 saturated heterocycles. The SMILES string of the molecule is O=C(OCc1ccccc1)C12NCC1C(Br)=C2Br. The van der Waals surface area contributed by atoms with E-state index in [1.807, 2.05) is 30.3 Å². The third kappa shape index (κ3) is 1.61. The van der Waals surface area contributed by atoms with Gasteiger partial charge >= 0.3 is 5.97 Å². The molecule has 0 amide bonds. The summed E-state index contributed by atoms with van der Waals surface area (Å²) in [5.74, 6) is 0.00725. The summed E-state index contributed by atoms with van der Waals surface area (Å²) in [5.41, 5.74) is 0.366. The average molecular weight is 373 g/mol. The van der Waals surface area contributed by atoms with Crippen molar-refractivity contribution in [2.45, 2.75) is 12.1 Å². The molecule has 3 rings (SSSR count). The molecule has 94 valence electrons. The highest BCUT2D eigenvalue weighted by molar-refractivity contribution is 9.14. The van der Waals surface area contributed by atoms with E-state index in [1.165, 1.54) is 0 Å². The van der Waals surface area contributed by atoms with Crippen molar-refractivity contribution in [2.75, 3.05) is 6.54 Å². The van der Waals surface area contributed by atoms with Crippen molar-refractivity contribution in [3.05, 3.63) is 44.9 Å². The van der Waals surface area contributed by atoms with Crippen LogP contribution >= 0.6 is 31.9 Å². The van der Waals surface area contributed by atoms with E-state index in [0.717, 1.165) is 21.1 Å². The van der Waals surface area contributed by atoms with Crippen LogP contribution in [0.2, 0.25) is 0 Å². The predicted octanol–water partition coefficient (Wildman–Crippen LogP) is 2.70. The minimum Gasteiger partial charge on any atom is -0.459 e. The molecular formula is C13H11Br2NO2. The van der Waals surface area contributed by atoms with Crippen LogP contribution in [0, 0.1) is 5.92 Å². The highest BCUT2D eigenvalue weighted by Gasteiger charge is 2.64. The van der Waals surface area contributed by atoms with E-state index >= 15 is 0 Å². The first-order valence-corrected chi connectivity index (χ1v) is 7.26. The highest BCUT2D eigenvalue weighted by Crippen LogP contribution is 2.55. The van der Waals surface area contributed by atoms with Crippen molar-refractivity contribution in [2.24, 2.45) is 5.92 Å². The maximum atomic E-state index is 12.2. The number of esters is 1. The number of ether oxygens (including phenoxy) is 1. The molecule has 1 aromatic rings. The van der Waals surface area contributed by atoms with Crippen LogP contribution in [0.25, 0.3) is 0 Å². The van der Waals surface area contributed by atoms with Gasteiger partial charge in [0.25, 0.3) is 0 Å². The molecule has 1 aliphatic carbocycles. The van der Waals surface area contributed by atoms with Crippen LogP contribution in [-0.4, -0.2) is 18.1 Å². The first-order chi connectivity index (χ1) is 8.66. The summed E-state index contributed by atoms with van der Waals surface area (Å²) in [6, 6.07) is 9.69. The van der Waals surface area contributed by atoms with Crippen LogP contribution in [0.5, 0.6) is 0 Å². The molecule has 0 spiro atoms. The molecule has 2 atom stereocenters. The van der Waals surface area contributed by atoms with E-state index in [9.17, 15) is 4.79 Å². The summed E-state index contributed by atoms with van der Waals surface area (Å²) < 4.78 is 7.32. The minimum absolute atomic E-state index is 0.210. The van der Waals surface area contributed by atoms with Gasteiger partial charge in [0.05, 0.1) is 0 Å². The monoisotopic (exact) mass is 371 g/mol. The van der Waals surface area contributed by atoms with Crippen LogP contribution in [0.1, 0.15) is 5.56 Å². The number of carbonyl (C=O) groups is 1. The topological polar surface area (TPSA) is 38.3 Å². The predicted molar refractivity (Wildman–Crippen MR) is 75.3 cm³/mol. The lowest BCUT2D eigenvalue weighted by Gasteiger charge is -2.55. The molecule has 1 N–H and O–H groups in total. The van der Waals surface area contributed by atoms with Gasteiger partial charge in [-0.1, -0.05) is 62.2 Å². The van der Waals surface area contributed by atoms with E-state index in [0.29, 0.717) is 6.61 Å². The van der Waals surface area contributed by atoms with Crippen LogP contribution in [-0.2, 0) is 16.1 Å². The largest absolute Gasteiger partial charge is 0.459 e. The normalized spacial score (nSPS) is 29.1. The number of benzene rings is 1. The smallest absolute Gasteiger partial charge is 0.332 e. The van der Waals surface area contributed by atoms with Crippen molar-refractivity contribution < 1.29 is 9.53 Å². The lowest BCUT2D eigenvalue weighted by atomic mass is 9.67. The molecule has 5 heteroatoms.